The van der Waals surface area contributed by atoms with Gasteiger partial charge in [0.25, 0.3) is 0 Å². The zero-order chi connectivity index (χ0) is 13.9. The first-order valence-electron chi connectivity index (χ1n) is 6.51. The topological polar surface area (TPSA) is 38.9 Å². The van der Waals surface area contributed by atoms with E-state index in [0.29, 0.717) is 0 Å². The Hall–Kier alpha value is -0.940. The van der Waals surface area contributed by atoms with Gasteiger partial charge in [-0.3, -0.25) is 0 Å². The van der Waals surface area contributed by atoms with Gasteiger partial charge >= 0.3 is 0 Å². The first-order valence-corrected chi connectivity index (χ1v) is 8.58. The van der Waals surface area contributed by atoms with Gasteiger partial charge in [-0.25, -0.2) is 4.98 Å². The summed E-state index contributed by atoms with van der Waals surface area (Å²) < 4.78 is 1.25. The standard InChI is InChI=1S/C15H13ClN2S2/c1-8-10-6-9(16)2-3-12(10)20-13(8)11-7-19-14(18-11)15(17)4-5-15/h2-3,6-7H,4-5,17H2,1H3. The molecule has 0 saturated heterocycles. The average Bonchev–Trinajstić information content (AvgIpc) is 2.89. The van der Waals surface area contributed by atoms with Crippen LogP contribution in [0, 0.1) is 6.92 Å². The summed E-state index contributed by atoms with van der Waals surface area (Å²) in [5.74, 6) is 0. The smallest absolute Gasteiger partial charge is 0.113 e. The first-order chi connectivity index (χ1) is 9.57. The molecule has 1 fully saturated rings. The molecule has 3 aromatic rings. The fourth-order valence-corrected chi connectivity index (χ4v) is 4.77. The average molecular weight is 321 g/mol. The van der Waals surface area contributed by atoms with Crippen molar-refractivity contribution < 1.29 is 0 Å². The van der Waals surface area contributed by atoms with Crippen LogP contribution in [0.4, 0.5) is 0 Å². The quantitative estimate of drug-likeness (QED) is 0.726. The van der Waals surface area contributed by atoms with E-state index in [-0.39, 0.29) is 5.54 Å². The lowest BCUT2D eigenvalue weighted by Crippen LogP contribution is -2.18. The Bertz CT molecular complexity index is 815. The Kier molecular flexibility index (Phi) is 2.73. The van der Waals surface area contributed by atoms with E-state index in [1.807, 2.05) is 12.1 Å². The van der Waals surface area contributed by atoms with Crippen molar-refractivity contribution in [2.75, 3.05) is 0 Å². The summed E-state index contributed by atoms with van der Waals surface area (Å²) in [5, 5.41) is 5.20. The van der Waals surface area contributed by atoms with Gasteiger partial charge in [-0.15, -0.1) is 22.7 Å². The van der Waals surface area contributed by atoms with Crippen molar-refractivity contribution in [3.05, 3.63) is 39.2 Å². The lowest BCUT2D eigenvalue weighted by molar-refractivity contribution is 0.732. The minimum Gasteiger partial charge on any atom is -0.319 e. The Labute approximate surface area is 130 Å². The first kappa shape index (κ1) is 12.8. The van der Waals surface area contributed by atoms with Gasteiger partial charge in [-0.05, 0) is 48.9 Å². The number of aromatic nitrogens is 1. The number of thiophene rings is 1. The summed E-state index contributed by atoms with van der Waals surface area (Å²) in [4.78, 5) is 5.99. The monoisotopic (exact) mass is 320 g/mol. The maximum Gasteiger partial charge on any atom is 0.113 e. The fourth-order valence-electron chi connectivity index (χ4n) is 2.39. The van der Waals surface area contributed by atoms with Crippen LogP contribution in [-0.2, 0) is 5.54 Å². The van der Waals surface area contributed by atoms with Crippen molar-refractivity contribution in [2.45, 2.75) is 25.3 Å². The number of rotatable bonds is 2. The summed E-state index contributed by atoms with van der Waals surface area (Å²) in [6.07, 6.45) is 2.11. The second-order valence-corrected chi connectivity index (χ2v) is 7.74. The molecule has 0 amide bonds. The maximum absolute atomic E-state index is 6.23. The molecule has 1 aromatic carbocycles. The predicted molar refractivity (Wildman–Crippen MR) is 87.8 cm³/mol. The highest BCUT2D eigenvalue weighted by molar-refractivity contribution is 7.22. The van der Waals surface area contributed by atoms with Crippen LogP contribution < -0.4 is 5.73 Å². The molecular weight excluding hydrogens is 308 g/mol. The van der Waals surface area contributed by atoms with E-state index in [1.54, 1.807) is 22.7 Å². The third-order valence-electron chi connectivity index (χ3n) is 3.85. The van der Waals surface area contributed by atoms with Gasteiger partial charge in [-0.1, -0.05) is 11.6 Å². The molecule has 5 heteroatoms. The van der Waals surface area contributed by atoms with Gasteiger partial charge in [-0.2, -0.15) is 0 Å². The molecule has 0 atom stereocenters. The minimum atomic E-state index is -0.142. The molecule has 102 valence electrons. The SMILES string of the molecule is Cc1c(-c2csc(C3(N)CC3)n2)sc2ccc(Cl)cc12. The molecule has 2 heterocycles. The predicted octanol–water partition coefficient (Wildman–Crippen LogP) is 4.93. The van der Waals surface area contributed by atoms with Crippen molar-refractivity contribution in [3.63, 3.8) is 0 Å². The van der Waals surface area contributed by atoms with Crippen molar-refractivity contribution in [1.82, 2.24) is 4.98 Å². The fraction of sp³-hybridized carbons (Fsp3) is 0.267. The number of fused-ring (bicyclic) bond motifs is 1. The zero-order valence-corrected chi connectivity index (χ0v) is 13.3. The van der Waals surface area contributed by atoms with Gasteiger partial charge in [0.05, 0.1) is 16.1 Å². The molecule has 4 rings (SSSR count). The Morgan fingerprint density at radius 2 is 2.15 bits per heavy atom. The highest BCUT2D eigenvalue weighted by atomic mass is 35.5. The number of aryl methyl sites for hydroxylation is 1. The molecule has 2 N–H and O–H groups in total. The van der Waals surface area contributed by atoms with E-state index >= 15 is 0 Å². The summed E-state index contributed by atoms with van der Waals surface area (Å²) in [7, 11) is 0. The van der Waals surface area contributed by atoms with Crippen molar-refractivity contribution >= 4 is 44.4 Å². The molecule has 0 spiro atoms. The highest BCUT2D eigenvalue weighted by Crippen LogP contribution is 2.46. The van der Waals surface area contributed by atoms with Crippen LogP contribution in [0.3, 0.4) is 0 Å². The summed E-state index contributed by atoms with van der Waals surface area (Å²) in [6, 6.07) is 6.05. The van der Waals surface area contributed by atoms with E-state index in [4.69, 9.17) is 22.3 Å². The summed E-state index contributed by atoms with van der Waals surface area (Å²) in [5.41, 5.74) is 8.39. The van der Waals surface area contributed by atoms with E-state index in [1.165, 1.54) is 20.5 Å². The van der Waals surface area contributed by atoms with Crippen LogP contribution in [0.15, 0.2) is 23.6 Å². The highest BCUT2D eigenvalue weighted by Gasteiger charge is 2.42. The molecule has 1 aliphatic carbocycles. The third kappa shape index (κ3) is 1.91. The lowest BCUT2D eigenvalue weighted by atomic mass is 10.1. The van der Waals surface area contributed by atoms with Gasteiger partial charge in [0.2, 0.25) is 0 Å². The number of nitrogens with two attached hydrogens (primary N) is 1. The molecule has 1 aliphatic rings. The van der Waals surface area contributed by atoms with Crippen LogP contribution in [-0.4, -0.2) is 4.98 Å². The molecule has 2 aromatic heterocycles. The molecular formula is C15H13ClN2S2. The van der Waals surface area contributed by atoms with Gasteiger partial charge in [0.15, 0.2) is 0 Å². The Morgan fingerprint density at radius 3 is 2.90 bits per heavy atom. The van der Waals surface area contributed by atoms with Crippen LogP contribution in [0.25, 0.3) is 20.7 Å². The number of thiazole rings is 1. The minimum absolute atomic E-state index is 0.142. The van der Waals surface area contributed by atoms with E-state index in [0.717, 1.165) is 28.6 Å². The number of benzene rings is 1. The van der Waals surface area contributed by atoms with Crippen molar-refractivity contribution in [3.8, 4) is 10.6 Å². The van der Waals surface area contributed by atoms with Crippen molar-refractivity contribution in [1.29, 1.82) is 0 Å². The summed E-state index contributed by atoms with van der Waals surface area (Å²) in [6.45, 7) is 2.14. The van der Waals surface area contributed by atoms with Gasteiger partial charge in [0.1, 0.15) is 5.01 Å². The number of halogens is 1. The molecule has 0 bridgehead atoms. The van der Waals surface area contributed by atoms with Crippen LogP contribution in [0.2, 0.25) is 5.02 Å². The second kappa shape index (κ2) is 4.28. The number of nitrogens with zero attached hydrogens (tertiary/aromatic N) is 1. The third-order valence-corrected chi connectivity index (χ3v) is 6.44. The largest absolute Gasteiger partial charge is 0.319 e. The van der Waals surface area contributed by atoms with Gasteiger partial charge < -0.3 is 5.73 Å². The summed E-state index contributed by atoms with van der Waals surface area (Å²) >= 11 is 9.55. The van der Waals surface area contributed by atoms with Crippen molar-refractivity contribution in [2.24, 2.45) is 5.73 Å². The van der Waals surface area contributed by atoms with Crippen LogP contribution in [0.1, 0.15) is 23.4 Å². The Balaban J connectivity index is 1.85. The van der Waals surface area contributed by atoms with E-state index in [9.17, 15) is 0 Å². The second-order valence-electron chi connectivity index (χ2n) is 5.39. The molecule has 2 nitrogen and oxygen atoms in total. The molecule has 0 unspecified atom stereocenters. The van der Waals surface area contributed by atoms with Crippen LogP contribution in [0.5, 0.6) is 0 Å². The normalized spacial score (nSPS) is 16.8. The molecule has 0 aliphatic heterocycles. The number of hydrogen-bond donors (Lipinski definition) is 1. The van der Waals surface area contributed by atoms with Gasteiger partial charge in [0, 0.05) is 15.1 Å². The lowest BCUT2D eigenvalue weighted by Gasteiger charge is -2.01. The Morgan fingerprint density at radius 1 is 1.35 bits per heavy atom. The molecule has 0 radical (unpaired) electrons. The number of hydrogen-bond acceptors (Lipinski definition) is 4. The van der Waals surface area contributed by atoms with E-state index in [2.05, 4.69) is 18.4 Å². The molecule has 20 heavy (non-hydrogen) atoms. The van der Waals surface area contributed by atoms with Crippen LogP contribution >= 0.6 is 34.3 Å². The zero-order valence-electron chi connectivity index (χ0n) is 10.9. The maximum atomic E-state index is 6.23. The van der Waals surface area contributed by atoms with E-state index < -0.39 is 0 Å². The molecule has 1 saturated carbocycles.